The number of carbonyl (C=O) groups is 2. The number of benzene rings is 1. The van der Waals surface area contributed by atoms with Gasteiger partial charge in [-0.25, -0.2) is 0 Å². The Kier molecular flexibility index (Phi) is 6.51. The van der Waals surface area contributed by atoms with E-state index in [1.165, 1.54) is 4.90 Å². The minimum atomic E-state index is -0.303. The Morgan fingerprint density at radius 2 is 2.05 bits per heavy atom. The molecule has 5 nitrogen and oxygen atoms in total. The summed E-state index contributed by atoms with van der Waals surface area (Å²) < 4.78 is 10.7. The Morgan fingerprint density at radius 3 is 2.60 bits per heavy atom. The summed E-state index contributed by atoms with van der Waals surface area (Å²) in [7, 11) is 3.22. The van der Waals surface area contributed by atoms with Crippen molar-refractivity contribution in [3.05, 3.63) is 28.2 Å². The summed E-state index contributed by atoms with van der Waals surface area (Å²) in [6, 6.07) is 5.10. The molecular formula is C14H18BrNO4. The van der Waals surface area contributed by atoms with Crippen LogP contribution in [0.3, 0.4) is 0 Å². The van der Waals surface area contributed by atoms with Gasteiger partial charge in [-0.05, 0) is 41.1 Å². The number of hydrogen-bond acceptors (Lipinski definition) is 4. The maximum atomic E-state index is 12.2. The average Bonchev–Trinajstić information content (AvgIpc) is 2.44. The third-order valence-corrected chi connectivity index (χ3v) is 3.32. The van der Waals surface area contributed by atoms with E-state index in [1.54, 1.807) is 39.3 Å². The van der Waals surface area contributed by atoms with Crippen LogP contribution in [0.1, 0.15) is 23.7 Å². The standard InChI is InChI=1S/C14H18BrNO4/c1-4-20-13(17)7-8-16(2)14(18)10-5-6-12(19-3)11(15)9-10/h5-6,9H,4,7-8H2,1-3H3. The molecule has 1 rings (SSSR count). The minimum absolute atomic E-state index is 0.155. The van der Waals surface area contributed by atoms with Crippen molar-refractivity contribution >= 4 is 27.8 Å². The molecule has 0 saturated heterocycles. The van der Waals surface area contributed by atoms with Gasteiger partial charge in [0.15, 0.2) is 0 Å². The molecule has 0 atom stereocenters. The zero-order valence-electron chi connectivity index (χ0n) is 11.8. The van der Waals surface area contributed by atoms with Gasteiger partial charge < -0.3 is 14.4 Å². The predicted molar refractivity (Wildman–Crippen MR) is 78.9 cm³/mol. The third-order valence-electron chi connectivity index (χ3n) is 2.70. The Bertz CT molecular complexity index is 490. The number of carbonyl (C=O) groups excluding carboxylic acids is 2. The number of hydrogen-bond donors (Lipinski definition) is 0. The van der Waals surface area contributed by atoms with Crippen molar-refractivity contribution in [3.63, 3.8) is 0 Å². The van der Waals surface area contributed by atoms with Gasteiger partial charge in [-0.1, -0.05) is 0 Å². The number of halogens is 1. The molecule has 0 aromatic heterocycles. The van der Waals surface area contributed by atoms with Gasteiger partial charge in [-0.3, -0.25) is 9.59 Å². The van der Waals surface area contributed by atoms with Crippen LogP contribution in [0.2, 0.25) is 0 Å². The van der Waals surface area contributed by atoms with Crippen molar-refractivity contribution in [3.8, 4) is 5.75 Å². The summed E-state index contributed by atoms with van der Waals surface area (Å²) in [6.07, 6.45) is 0.188. The molecule has 6 heteroatoms. The van der Waals surface area contributed by atoms with Crippen LogP contribution < -0.4 is 4.74 Å². The third kappa shape index (κ3) is 4.52. The van der Waals surface area contributed by atoms with Crippen molar-refractivity contribution in [1.29, 1.82) is 0 Å². The summed E-state index contributed by atoms with van der Waals surface area (Å²) in [4.78, 5) is 24.9. The molecular weight excluding hydrogens is 326 g/mol. The average molecular weight is 344 g/mol. The van der Waals surface area contributed by atoms with Crippen LogP contribution in [0, 0.1) is 0 Å². The van der Waals surface area contributed by atoms with Gasteiger partial charge in [-0.2, -0.15) is 0 Å². The van der Waals surface area contributed by atoms with E-state index in [4.69, 9.17) is 9.47 Å². The lowest BCUT2D eigenvalue weighted by Gasteiger charge is -2.17. The molecule has 0 radical (unpaired) electrons. The lowest BCUT2D eigenvalue weighted by molar-refractivity contribution is -0.143. The van der Waals surface area contributed by atoms with E-state index in [0.29, 0.717) is 28.9 Å². The van der Waals surface area contributed by atoms with Gasteiger partial charge in [0.1, 0.15) is 5.75 Å². The molecule has 0 spiro atoms. The SMILES string of the molecule is CCOC(=O)CCN(C)C(=O)c1ccc(OC)c(Br)c1. The monoisotopic (exact) mass is 343 g/mol. The van der Waals surface area contributed by atoms with Gasteiger partial charge in [0, 0.05) is 19.2 Å². The van der Waals surface area contributed by atoms with E-state index in [-0.39, 0.29) is 18.3 Å². The number of amides is 1. The van der Waals surface area contributed by atoms with Gasteiger partial charge in [0.2, 0.25) is 0 Å². The first-order valence-electron chi connectivity index (χ1n) is 6.24. The molecule has 0 fully saturated rings. The molecule has 0 unspecified atom stereocenters. The lowest BCUT2D eigenvalue weighted by atomic mass is 10.2. The molecule has 1 aromatic carbocycles. The van der Waals surface area contributed by atoms with E-state index in [0.717, 1.165) is 0 Å². The number of rotatable bonds is 6. The maximum Gasteiger partial charge on any atom is 0.307 e. The summed E-state index contributed by atoms with van der Waals surface area (Å²) in [5.74, 6) is 0.205. The highest BCUT2D eigenvalue weighted by Gasteiger charge is 2.14. The number of esters is 1. The lowest BCUT2D eigenvalue weighted by Crippen LogP contribution is -2.29. The van der Waals surface area contributed by atoms with Crippen LogP contribution in [0.25, 0.3) is 0 Å². The van der Waals surface area contributed by atoms with E-state index in [1.807, 2.05) is 0 Å². The maximum absolute atomic E-state index is 12.2. The molecule has 0 aliphatic carbocycles. The van der Waals surface area contributed by atoms with Crippen LogP contribution in [-0.2, 0) is 9.53 Å². The van der Waals surface area contributed by atoms with Crippen molar-refractivity contribution in [2.45, 2.75) is 13.3 Å². The summed E-state index contributed by atoms with van der Waals surface area (Å²) in [5.41, 5.74) is 0.532. The molecule has 1 aromatic rings. The molecule has 0 bridgehead atoms. The van der Waals surface area contributed by atoms with E-state index >= 15 is 0 Å². The van der Waals surface area contributed by atoms with Crippen LogP contribution >= 0.6 is 15.9 Å². The number of ether oxygens (including phenoxy) is 2. The van der Waals surface area contributed by atoms with Crippen LogP contribution in [0.4, 0.5) is 0 Å². The van der Waals surface area contributed by atoms with Crippen molar-refractivity contribution in [2.24, 2.45) is 0 Å². The highest BCUT2D eigenvalue weighted by molar-refractivity contribution is 9.10. The molecule has 0 aliphatic heterocycles. The Hall–Kier alpha value is -1.56. The topological polar surface area (TPSA) is 55.8 Å². The normalized spacial score (nSPS) is 10.0. The first-order chi connectivity index (χ1) is 9.49. The second-order valence-corrected chi connectivity index (χ2v) is 4.99. The number of methoxy groups -OCH3 is 1. The van der Waals surface area contributed by atoms with Gasteiger partial charge >= 0.3 is 5.97 Å². The smallest absolute Gasteiger partial charge is 0.307 e. The van der Waals surface area contributed by atoms with Gasteiger partial charge in [0.05, 0.1) is 24.6 Å². The van der Waals surface area contributed by atoms with E-state index < -0.39 is 0 Å². The highest BCUT2D eigenvalue weighted by atomic mass is 79.9. The van der Waals surface area contributed by atoms with Crippen LogP contribution in [0.5, 0.6) is 5.75 Å². The van der Waals surface area contributed by atoms with E-state index in [2.05, 4.69) is 15.9 Å². The summed E-state index contributed by atoms with van der Waals surface area (Å²) >= 11 is 3.34. The first kappa shape index (κ1) is 16.5. The summed E-state index contributed by atoms with van der Waals surface area (Å²) in [6.45, 7) is 2.42. The second kappa shape index (κ2) is 7.89. The largest absolute Gasteiger partial charge is 0.496 e. The highest BCUT2D eigenvalue weighted by Crippen LogP contribution is 2.25. The Labute approximate surface area is 127 Å². The fourth-order valence-electron chi connectivity index (χ4n) is 1.61. The van der Waals surface area contributed by atoms with Crippen LogP contribution in [0.15, 0.2) is 22.7 Å². The summed E-state index contributed by atoms with van der Waals surface area (Å²) in [5, 5.41) is 0. The molecule has 1 amide bonds. The number of nitrogens with zero attached hydrogens (tertiary/aromatic N) is 1. The Morgan fingerprint density at radius 1 is 1.35 bits per heavy atom. The quantitative estimate of drug-likeness (QED) is 0.744. The molecule has 110 valence electrons. The predicted octanol–water partition coefficient (Wildman–Crippen LogP) is 2.48. The van der Waals surface area contributed by atoms with Crippen LogP contribution in [-0.4, -0.2) is 44.1 Å². The molecule has 0 N–H and O–H groups in total. The van der Waals surface area contributed by atoms with Crippen molar-refractivity contribution in [1.82, 2.24) is 4.90 Å². The second-order valence-electron chi connectivity index (χ2n) is 4.13. The fourth-order valence-corrected chi connectivity index (χ4v) is 2.15. The Balaban J connectivity index is 2.65. The molecule has 0 saturated carbocycles. The minimum Gasteiger partial charge on any atom is -0.496 e. The molecule has 20 heavy (non-hydrogen) atoms. The first-order valence-corrected chi connectivity index (χ1v) is 7.03. The molecule has 0 aliphatic rings. The van der Waals surface area contributed by atoms with Gasteiger partial charge in [0.25, 0.3) is 5.91 Å². The van der Waals surface area contributed by atoms with Crippen molar-refractivity contribution < 1.29 is 19.1 Å². The van der Waals surface area contributed by atoms with E-state index in [9.17, 15) is 9.59 Å². The molecule has 0 heterocycles. The fraction of sp³-hybridized carbons (Fsp3) is 0.429. The van der Waals surface area contributed by atoms with Gasteiger partial charge in [-0.15, -0.1) is 0 Å². The van der Waals surface area contributed by atoms with Crippen molar-refractivity contribution in [2.75, 3.05) is 27.3 Å². The zero-order valence-corrected chi connectivity index (χ0v) is 13.4. The zero-order chi connectivity index (χ0) is 15.1.